The lowest BCUT2D eigenvalue weighted by Crippen LogP contribution is -2.43. The highest BCUT2D eigenvalue weighted by atomic mass is 35.5. The number of carbonyl (C=O) groups is 2. The minimum absolute atomic E-state index is 0.0178. The van der Waals surface area contributed by atoms with Crippen LogP contribution in [-0.2, 0) is 21.7 Å². The summed E-state index contributed by atoms with van der Waals surface area (Å²) in [5, 5.41) is 3.21. The van der Waals surface area contributed by atoms with Gasteiger partial charge in [0.05, 0.1) is 18.3 Å². The topological polar surface area (TPSA) is 81.2 Å². The van der Waals surface area contributed by atoms with Gasteiger partial charge >= 0.3 is 5.97 Å². The third-order valence-corrected chi connectivity index (χ3v) is 5.43. The van der Waals surface area contributed by atoms with E-state index in [-0.39, 0.29) is 17.1 Å². The molecule has 0 unspecified atom stereocenters. The number of carbonyl (C=O) groups excluding carboxylic acids is 2. The van der Waals surface area contributed by atoms with Crippen LogP contribution in [0.5, 0.6) is 0 Å². The summed E-state index contributed by atoms with van der Waals surface area (Å²) in [7, 11) is 1.28. The van der Waals surface area contributed by atoms with Gasteiger partial charge in [-0.1, -0.05) is 84.0 Å². The smallest absolute Gasteiger partial charge is 0.328 e. The molecule has 30 heavy (non-hydrogen) atoms. The number of aromatic nitrogens is 2. The van der Waals surface area contributed by atoms with Crippen molar-refractivity contribution in [1.29, 1.82) is 0 Å². The average molecular weight is 442 g/mol. The van der Waals surface area contributed by atoms with Crippen LogP contribution in [0.4, 0.5) is 0 Å². The molecule has 0 bridgehead atoms. The molecular formula is C22H20ClN3O3S. The first-order valence-corrected chi connectivity index (χ1v) is 10.5. The number of rotatable bonds is 8. The third-order valence-electron chi connectivity index (χ3n) is 4.22. The molecular weight excluding hydrogens is 422 g/mol. The lowest BCUT2D eigenvalue weighted by molar-refractivity contribution is -0.142. The van der Waals surface area contributed by atoms with Gasteiger partial charge in [-0.05, 0) is 11.1 Å². The van der Waals surface area contributed by atoms with E-state index in [1.807, 2.05) is 60.7 Å². The molecule has 0 spiro atoms. The number of hydrogen-bond acceptors (Lipinski definition) is 6. The van der Waals surface area contributed by atoms with Crippen LogP contribution in [0.1, 0.15) is 21.6 Å². The summed E-state index contributed by atoms with van der Waals surface area (Å²) in [6, 6.07) is 18.3. The fourth-order valence-corrected chi connectivity index (χ4v) is 3.66. The van der Waals surface area contributed by atoms with Crippen LogP contribution in [0.3, 0.4) is 0 Å². The molecule has 1 heterocycles. The monoisotopic (exact) mass is 441 g/mol. The van der Waals surface area contributed by atoms with E-state index in [2.05, 4.69) is 15.3 Å². The lowest BCUT2D eigenvalue weighted by atomic mass is 10.1. The summed E-state index contributed by atoms with van der Waals surface area (Å²) < 4.78 is 4.84. The first kappa shape index (κ1) is 21.8. The van der Waals surface area contributed by atoms with Gasteiger partial charge in [0, 0.05) is 12.2 Å². The maximum Gasteiger partial charge on any atom is 0.328 e. The van der Waals surface area contributed by atoms with E-state index in [1.165, 1.54) is 25.1 Å². The van der Waals surface area contributed by atoms with E-state index in [0.29, 0.717) is 10.9 Å². The molecule has 0 fully saturated rings. The molecule has 6 nitrogen and oxygen atoms in total. The van der Waals surface area contributed by atoms with Gasteiger partial charge < -0.3 is 10.1 Å². The average Bonchev–Trinajstić information content (AvgIpc) is 2.78. The zero-order valence-corrected chi connectivity index (χ0v) is 17.8. The molecule has 1 atom stereocenters. The summed E-state index contributed by atoms with van der Waals surface area (Å²) in [4.78, 5) is 33.5. The number of hydrogen-bond donors (Lipinski definition) is 1. The molecule has 1 aromatic heterocycles. The Balaban J connectivity index is 1.72. The molecule has 0 saturated heterocycles. The maximum atomic E-state index is 12.8. The van der Waals surface area contributed by atoms with Crippen LogP contribution in [0.15, 0.2) is 72.0 Å². The first-order chi connectivity index (χ1) is 14.6. The van der Waals surface area contributed by atoms with Crippen LogP contribution in [-0.4, -0.2) is 35.0 Å². The van der Waals surface area contributed by atoms with Crippen molar-refractivity contribution in [3.05, 3.63) is 88.7 Å². The second kappa shape index (κ2) is 10.8. The van der Waals surface area contributed by atoms with E-state index in [0.717, 1.165) is 11.1 Å². The Hall–Kier alpha value is -2.90. The molecule has 0 radical (unpaired) electrons. The number of benzene rings is 2. The van der Waals surface area contributed by atoms with Gasteiger partial charge in [-0.2, -0.15) is 0 Å². The van der Waals surface area contributed by atoms with Crippen molar-refractivity contribution in [3.8, 4) is 0 Å². The highest BCUT2D eigenvalue weighted by Gasteiger charge is 2.25. The van der Waals surface area contributed by atoms with E-state index in [9.17, 15) is 9.59 Å². The van der Waals surface area contributed by atoms with E-state index >= 15 is 0 Å². The van der Waals surface area contributed by atoms with Gasteiger partial charge in [0.25, 0.3) is 5.91 Å². The minimum atomic E-state index is -0.864. The van der Waals surface area contributed by atoms with E-state index in [1.54, 1.807) is 0 Å². The van der Waals surface area contributed by atoms with Crippen LogP contribution in [0.25, 0.3) is 0 Å². The summed E-state index contributed by atoms with van der Waals surface area (Å²) >= 11 is 7.55. The normalized spacial score (nSPS) is 11.5. The van der Waals surface area contributed by atoms with Gasteiger partial charge in [0.2, 0.25) is 0 Å². The van der Waals surface area contributed by atoms with Crippen LogP contribution in [0, 0.1) is 0 Å². The molecule has 0 aliphatic heterocycles. The Labute approximate surface area is 184 Å². The molecule has 3 rings (SSSR count). The second-order valence-electron chi connectivity index (χ2n) is 6.36. The van der Waals surface area contributed by atoms with E-state index < -0.39 is 17.9 Å². The van der Waals surface area contributed by atoms with Gasteiger partial charge in [-0.3, -0.25) is 4.79 Å². The van der Waals surface area contributed by atoms with Crippen molar-refractivity contribution in [2.75, 3.05) is 7.11 Å². The number of esters is 1. The van der Waals surface area contributed by atoms with Crippen LogP contribution in [0.2, 0.25) is 5.02 Å². The van der Waals surface area contributed by atoms with Crippen molar-refractivity contribution in [3.63, 3.8) is 0 Å². The highest BCUT2D eigenvalue weighted by Crippen LogP contribution is 2.22. The molecule has 3 aromatic rings. The molecule has 2 aromatic carbocycles. The Morgan fingerprint density at radius 1 is 1.07 bits per heavy atom. The fourth-order valence-electron chi connectivity index (χ4n) is 2.71. The predicted octanol–water partition coefficient (Wildman–Crippen LogP) is 3.94. The standard InChI is InChI=1S/C22H20ClN3O3S/c1-29-21(28)18(12-15-8-4-2-5-9-15)25-20(27)19-17(23)13-24-22(26-19)30-14-16-10-6-3-7-11-16/h2-11,13,18H,12,14H2,1H3,(H,25,27)/t18-/m0/s1. The number of amides is 1. The number of ether oxygens (including phenoxy) is 1. The second-order valence-corrected chi connectivity index (χ2v) is 7.71. The van der Waals surface area contributed by atoms with Gasteiger partial charge in [0.1, 0.15) is 6.04 Å². The molecule has 1 N–H and O–H groups in total. The summed E-state index contributed by atoms with van der Waals surface area (Å²) in [6.45, 7) is 0. The number of thioether (sulfide) groups is 1. The number of nitrogens with one attached hydrogen (secondary N) is 1. The molecule has 8 heteroatoms. The van der Waals surface area contributed by atoms with Crippen LogP contribution >= 0.6 is 23.4 Å². The number of halogens is 1. The van der Waals surface area contributed by atoms with Crippen molar-refractivity contribution in [1.82, 2.24) is 15.3 Å². The van der Waals surface area contributed by atoms with Crippen molar-refractivity contribution < 1.29 is 14.3 Å². The molecule has 1 amide bonds. The molecule has 0 saturated carbocycles. The maximum absolute atomic E-state index is 12.8. The predicted molar refractivity (Wildman–Crippen MR) is 116 cm³/mol. The Bertz CT molecular complexity index is 1000. The number of methoxy groups -OCH3 is 1. The Morgan fingerprint density at radius 3 is 2.33 bits per heavy atom. The number of nitrogens with zero attached hydrogens (tertiary/aromatic N) is 2. The SMILES string of the molecule is COC(=O)[C@H](Cc1ccccc1)NC(=O)c1nc(SCc2ccccc2)ncc1Cl. The Kier molecular flexibility index (Phi) is 7.82. The molecule has 154 valence electrons. The summed E-state index contributed by atoms with van der Waals surface area (Å²) in [5.74, 6) is -0.450. The third kappa shape index (κ3) is 6.05. The highest BCUT2D eigenvalue weighted by molar-refractivity contribution is 7.98. The summed E-state index contributed by atoms with van der Waals surface area (Å²) in [6.07, 6.45) is 1.68. The van der Waals surface area contributed by atoms with Gasteiger partial charge in [-0.15, -0.1) is 0 Å². The minimum Gasteiger partial charge on any atom is -0.467 e. The van der Waals surface area contributed by atoms with Crippen molar-refractivity contribution in [2.45, 2.75) is 23.4 Å². The Morgan fingerprint density at radius 2 is 1.70 bits per heavy atom. The largest absolute Gasteiger partial charge is 0.467 e. The molecule has 0 aliphatic rings. The fraction of sp³-hybridized carbons (Fsp3) is 0.182. The zero-order valence-electron chi connectivity index (χ0n) is 16.2. The quantitative estimate of drug-likeness (QED) is 0.324. The summed E-state index contributed by atoms with van der Waals surface area (Å²) in [5.41, 5.74) is 2.02. The van der Waals surface area contributed by atoms with Crippen molar-refractivity contribution >= 4 is 35.2 Å². The molecule has 0 aliphatic carbocycles. The van der Waals surface area contributed by atoms with Crippen molar-refractivity contribution in [2.24, 2.45) is 0 Å². The lowest BCUT2D eigenvalue weighted by Gasteiger charge is -2.17. The van der Waals surface area contributed by atoms with Gasteiger partial charge in [0.15, 0.2) is 10.9 Å². The van der Waals surface area contributed by atoms with Crippen LogP contribution < -0.4 is 5.32 Å². The zero-order chi connectivity index (χ0) is 21.3. The van der Waals surface area contributed by atoms with Gasteiger partial charge in [-0.25, -0.2) is 14.8 Å². The first-order valence-electron chi connectivity index (χ1n) is 9.18. The van der Waals surface area contributed by atoms with E-state index in [4.69, 9.17) is 16.3 Å².